The molecule has 2 aromatic carbocycles. The summed E-state index contributed by atoms with van der Waals surface area (Å²) in [5, 5.41) is 0. The first-order chi connectivity index (χ1) is 19.2. The van der Waals surface area contributed by atoms with Crippen LogP contribution in [0.2, 0.25) is 0 Å². The molecule has 40 heavy (non-hydrogen) atoms. The molecule has 0 unspecified atom stereocenters. The van der Waals surface area contributed by atoms with Gasteiger partial charge in [0.15, 0.2) is 17.5 Å². The van der Waals surface area contributed by atoms with Crippen LogP contribution in [0.4, 0.5) is 26.3 Å². The summed E-state index contributed by atoms with van der Waals surface area (Å²) >= 11 is 0. The minimum absolute atomic E-state index is 0.00957. The third-order valence-corrected chi connectivity index (χ3v) is 8.60. The van der Waals surface area contributed by atoms with Gasteiger partial charge in [-0.1, -0.05) is 44.4 Å². The highest BCUT2D eigenvalue weighted by Crippen LogP contribution is 2.40. The second kappa shape index (κ2) is 14.1. The fourth-order valence-corrected chi connectivity index (χ4v) is 6.15. The van der Waals surface area contributed by atoms with Gasteiger partial charge >= 0.3 is 6.11 Å². The van der Waals surface area contributed by atoms with Crippen LogP contribution in [-0.2, 0) is 17.3 Å². The van der Waals surface area contributed by atoms with Crippen LogP contribution in [0, 0.1) is 35.1 Å². The van der Waals surface area contributed by atoms with Gasteiger partial charge in [0.05, 0.1) is 11.7 Å². The lowest BCUT2D eigenvalue weighted by atomic mass is 9.78. The molecule has 0 bridgehead atoms. The predicted molar refractivity (Wildman–Crippen MR) is 145 cm³/mol. The van der Waals surface area contributed by atoms with Gasteiger partial charge in [0.25, 0.3) is 0 Å². The highest BCUT2D eigenvalue weighted by molar-refractivity contribution is 5.27. The lowest BCUT2D eigenvalue weighted by Crippen LogP contribution is -2.30. The van der Waals surface area contributed by atoms with Gasteiger partial charge in [-0.25, -0.2) is 17.6 Å². The van der Waals surface area contributed by atoms with E-state index >= 15 is 0 Å². The number of allylic oxidation sites excluding steroid dienone is 2. The molecular formula is C33H40F6O. The van der Waals surface area contributed by atoms with E-state index in [4.69, 9.17) is 4.74 Å². The number of benzene rings is 2. The van der Waals surface area contributed by atoms with E-state index in [1.165, 1.54) is 6.07 Å². The standard InChI is InChI=1S/C33H40F6O/c1-2-3-4-5-6-24-13-18-28(29(34)19-24)33(38,39)40-27-16-11-23(12-17-27)8-7-22-9-14-25(15-10-22)26-20-30(35)32(37)31(36)21-26/h7-8,13,18-23,25,27H,2-6,9-12,14-17H2,1H3/b8-7+. The molecule has 0 amide bonds. The van der Waals surface area contributed by atoms with Crippen molar-refractivity contribution in [3.8, 4) is 0 Å². The molecule has 4 rings (SSSR count). The zero-order chi connectivity index (χ0) is 28.7. The van der Waals surface area contributed by atoms with Crippen molar-refractivity contribution < 1.29 is 31.1 Å². The highest BCUT2D eigenvalue weighted by atomic mass is 19.3. The van der Waals surface area contributed by atoms with Crippen molar-refractivity contribution in [2.45, 2.75) is 109 Å². The number of hydrogen-bond acceptors (Lipinski definition) is 1. The van der Waals surface area contributed by atoms with E-state index < -0.39 is 41.0 Å². The first kappa shape index (κ1) is 30.7. The molecule has 0 N–H and O–H groups in total. The summed E-state index contributed by atoms with van der Waals surface area (Å²) in [5.74, 6) is -4.01. The van der Waals surface area contributed by atoms with Gasteiger partial charge in [0, 0.05) is 0 Å². The lowest BCUT2D eigenvalue weighted by Gasteiger charge is -2.31. The van der Waals surface area contributed by atoms with E-state index in [-0.39, 0.29) is 11.8 Å². The van der Waals surface area contributed by atoms with Crippen LogP contribution >= 0.6 is 0 Å². The summed E-state index contributed by atoms with van der Waals surface area (Å²) in [6.45, 7) is 2.11. The van der Waals surface area contributed by atoms with Crippen LogP contribution in [-0.4, -0.2) is 6.10 Å². The Bertz CT molecular complexity index is 1110. The molecule has 0 spiro atoms. The third kappa shape index (κ3) is 8.14. The lowest BCUT2D eigenvalue weighted by molar-refractivity contribution is -0.279. The Balaban J connectivity index is 1.21. The van der Waals surface area contributed by atoms with E-state index in [0.717, 1.165) is 88.0 Å². The number of hydrogen-bond donors (Lipinski definition) is 0. The molecule has 220 valence electrons. The summed E-state index contributed by atoms with van der Waals surface area (Å²) in [5.41, 5.74) is 0.535. The second-order valence-electron chi connectivity index (χ2n) is 11.6. The van der Waals surface area contributed by atoms with Gasteiger partial charge in [-0.15, -0.1) is 0 Å². The summed E-state index contributed by atoms with van der Waals surface area (Å²) < 4.78 is 89.9. The van der Waals surface area contributed by atoms with Crippen molar-refractivity contribution >= 4 is 0 Å². The Morgan fingerprint density at radius 1 is 0.750 bits per heavy atom. The zero-order valence-electron chi connectivity index (χ0n) is 23.2. The van der Waals surface area contributed by atoms with Crippen molar-refractivity contribution in [3.63, 3.8) is 0 Å². The molecule has 0 atom stereocenters. The molecule has 2 aromatic rings. The maximum Gasteiger partial charge on any atom is 0.386 e. The number of rotatable bonds is 11. The molecule has 2 saturated carbocycles. The molecule has 7 heteroatoms. The monoisotopic (exact) mass is 566 g/mol. The Hall–Kier alpha value is -2.28. The van der Waals surface area contributed by atoms with E-state index in [2.05, 4.69) is 19.1 Å². The Kier molecular flexibility index (Phi) is 10.8. The molecule has 0 radical (unpaired) electrons. The van der Waals surface area contributed by atoms with Crippen LogP contribution in [0.15, 0.2) is 42.5 Å². The van der Waals surface area contributed by atoms with E-state index in [1.807, 2.05) is 0 Å². The summed E-state index contributed by atoms with van der Waals surface area (Å²) in [4.78, 5) is 0. The molecule has 2 aliphatic rings. The molecule has 2 aliphatic carbocycles. The molecule has 1 nitrogen and oxygen atoms in total. The Morgan fingerprint density at radius 2 is 1.35 bits per heavy atom. The smallest absolute Gasteiger partial charge is 0.313 e. The number of unbranched alkanes of at least 4 members (excludes halogenated alkanes) is 3. The number of alkyl halides is 2. The first-order valence-electron chi connectivity index (χ1n) is 14.8. The quantitative estimate of drug-likeness (QED) is 0.114. The Labute approximate surface area is 234 Å². The molecule has 0 aromatic heterocycles. The van der Waals surface area contributed by atoms with Crippen molar-refractivity contribution in [2.24, 2.45) is 11.8 Å². The van der Waals surface area contributed by atoms with Crippen LogP contribution in [0.25, 0.3) is 0 Å². The fourth-order valence-electron chi connectivity index (χ4n) is 6.15. The SMILES string of the molecule is CCCCCCc1ccc(C(F)(F)OC2CCC(/C=C/C3CCC(c4cc(F)c(F)c(F)c4)CC3)CC2)c(F)c1. The maximum absolute atomic E-state index is 14.9. The van der Waals surface area contributed by atoms with Gasteiger partial charge in [0.1, 0.15) is 5.82 Å². The highest BCUT2D eigenvalue weighted by Gasteiger charge is 2.39. The fraction of sp³-hybridized carbons (Fsp3) is 0.576. The normalized spacial score (nSPS) is 24.1. The van der Waals surface area contributed by atoms with Crippen LogP contribution < -0.4 is 0 Å². The summed E-state index contributed by atoms with van der Waals surface area (Å²) in [6.07, 6.45) is 10.6. The Morgan fingerprint density at radius 3 is 1.93 bits per heavy atom. The van der Waals surface area contributed by atoms with Crippen LogP contribution in [0.5, 0.6) is 0 Å². The van der Waals surface area contributed by atoms with Gasteiger partial charge in [-0.2, -0.15) is 8.78 Å². The summed E-state index contributed by atoms with van der Waals surface area (Å²) in [7, 11) is 0. The third-order valence-electron chi connectivity index (χ3n) is 8.60. The van der Waals surface area contributed by atoms with Crippen molar-refractivity contribution in [1.82, 2.24) is 0 Å². The van der Waals surface area contributed by atoms with Crippen molar-refractivity contribution in [1.29, 1.82) is 0 Å². The van der Waals surface area contributed by atoms with Gasteiger partial charge in [-0.05, 0) is 117 Å². The van der Waals surface area contributed by atoms with E-state index in [0.29, 0.717) is 30.7 Å². The van der Waals surface area contributed by atoms with Crippen molar-refractivity contribution in [3.05, 3.63) is 82.4 Å². The van der Waals surface area contributed by atoms with Gasteiger partial charge in [0.2, 0.25) is 0 Å². The van der Waals surface area contributed by atoms with Crippen LogP contribution in [0.3, 0.4) is 0 Å². The van der Waals surface area contributed by atoms with Gasteiger partial charge in [-0.3, -0.25) is 0 Å². The number of ether oxygens (including phenoxy) is 1. The molecule has 0 aliphatic heterocycles. The van der Waals surface area contributed by atoms with E-state index in [9.17, 15) is 26.3 Å². The second-order valence-corrected chi connectivity index (χ2v) is 11.6. The van der Waals surface area contributed by atoms with Gasteiger partial charge < -0.3 is 4.74 Å². The molecular weight excluding hydrogens is 526 g/mol. The van der Waals surface area contributed by atoms with Crippen molar-refractivity contribution in [2.75, 3.05) is 0 Å². The minimum Gasteiger partial charge on any atom is -0.313 e. The predicted octanol–water partition coefficient (Wildman–Crippen LogP) is 10.5. The first-order valence-corrected chi connectivity index (χ1v) is 14.8. The molecule has 2 fully saturated rings. The maximum atomic E-state index is 14.9. The summed E-state index contributed by atoms with van der Waals surface area (Å²) in [6, 6.07) is 6.15. The molecule has 0 saturated heterocycles. The zero-order valence-corrected chi connectivity index (χ0v) is 23.2. The number of halogens is 6. The minimum atomic E-state index is -3.67. The topological polar surface area (TPSA) is 9.23 Å². The average Bonchev–Trinajstić information content (AvgIpc) is 2.93. The average molecular weight is 567 g/mol. The van der Waals surface area contributed by atoms with E-state index in [1.54, 1.807) is 6.07 Å². The largest absolute Gasteiger partial charge is 0.386 e. The molecule has 0 heterocycles. The van der Waals surface area contributed by atoms with Crippen LogP contribution in [0.1, 0.15) is 107 Å². The number of aryl methyl sites for hydroxylation is 1.